The fourth-order valence-electron chi connectivity index (χ4n) is 1.97. The maximum Gasteiger partial charge on any atom is 0.343 e. The van der Waals surface area contributed by atoms with E-state index in [1.165, 1.54) is 12.1 Å². The zero-order valence-corrected chi connectivity index (χ0v) is 10.1. The molecule has 0 saturated heterocycles. The minimum atomic E-state index is -2.37. The lowest BCUT2D eigenvalue weighted by Crippen LogP contribution is -2.41. The first-order valence-electron chi connectivity index (χ1n) is 5.81. The fourth-order valence-corrected chi connectivity index (χ4v) is 1.97. The molecular formula is C15H14O4. The highest BCUT2D eigenvalue weighted by atomic mass is 16.4. The Morgan fingerprint density at radius 1 is 0.947 bits per heavy atom. The maximum atomic E-state index is 11.4. The summed E-state index contributed by atoms with van der Waals surface area (Å²) in [7, 11) is 0. The molecule has 4 heteroatoms. The monoisotopic (exact) mass is 258 g/mol. The fraction of sp³-hybridized carbons (Fsp3) is 0.133. The van der Waals surface area contributed by atoms with Crippen LogP contribution in [0.4, 0.5) is 0 Å². The third-order valence-corrected chi connectivity index (χ3v) is 3.05. The van der Waals surface area contributed by atoms with Crippen molar-refractivity contribution in [2.45, 2.75) is 11.7 Å². The van der Waals surface area contributed by atoms with Gasteiger partial charge >= 0.3 is 5.97 Å². The van der Waals surface area contributed by atoms with Gasteiger partial charge in [-0.05, 0) is 11.1 Å². The van der Waals surface area contributed by atoms with Crippen molar-refractivity contribution in [3.05, 3.63) is 71.8 Å². The van der Waals surface area contributed by atoms with Crippen molar-refractivity contribution in [3.63, 3.8) is 0 Å². The molecule has 0 saturated carbocycles. The summed E-state index contributed by atoms with van der Waals surface area (Å²) in [5, 5.41) is 30.0. The van der Waals surface area contributed by atoms with Gasteiger partial charge in [0.05, 0.1) is 0 Å². The molecule has 3 N–H and O–H groups in total. The second-order valence-electron chi connectivity index (χ2n) is 4.25. The molecule has 0 radical (unpaired) electrons. The standard InChI is InChI=1S/C15H14O4/c16-13(11-7-3-1-4-8-11)15(19,14(17)18)12-9-5-2-6-10-12/h1-10,13,16,19H,(H,17,18)/t13-,15+/m1/s1. The summed E-state index contributed by atoms with van der Waals surface area (Å²) in [6.07, 6.45) is -1.55. The zero-order valence-electron chi connectivity index (χ0n) is 10.1. The maximum absolute atomic E-state index is 11.4. The smallest absolute Gasteiger partial charge is 0.343 e. The molecule has 98 valence electrons. The Kier molecular flexibility index (Phi) is 3.64. The van der Waals surface area contributed by atoms with Crippen molar-refractivity contribution < 1.29 is 20.1 Å². The number of hydrogen-bond acceptors (Lipinski definition) is 3. The minimum Gasteiger partial charge on any atom is -0.479 e. The summed E-state index contributed by atoms with van der Waals surface area (Å²) >= 11 is 0. The van der Waals surface area contributed by atoms with Gasteiger partial charge in [-0.25, -0.2) is 4.79 Å². The van der Waals surface area contributed by atoms with Crippen LogP contribution in [-0.4, -0.2) is 21.3 Å². The minimum absolute atomic E-state index is 0.138. The molecular weight excluding hydrogens is 244 g/mol. The Morgan fingerprint density at radius 2 is 1.42 bits per heavy atom. The Labute approximate surface area is 110 Å². The van der Waals surface area contributed by atoms with Gasteiger partial charge in [0.15, 0.2) is 0 Å². The van der Waals surface area contributed by atoms with Crippen molar-refractivity contribution in [2.24, 2.45) is 0 Å². The number of carbonyl (C=O) groups is 1. The van der Waals surface area contributed by atoms with Gasteiger partial charge < -0.3 is 15.3 Å². The van der Waals surface area contributed by atoms with Crippen LogP contribution in [0.25, 0.3) is 0 Å². The molecule has 0 amide bonds. The van der Waals surface area contributed by atoms with Gasteiger partial charge in [0.25, 0.3) is 0 Å². The molecule has 0 aliphatic heterocycles. The topological polar surface area (TPSA) is 77.8 Å². The number of rotatable bonds is 4. The number of carboxylic acid groups (broad SMARTS) is 1. The highest BCUT2D eigenvalue weighted by Crippen LogP contribution is 2.35. The molecule has 2 aromatic rings. The average Bonchev–Trinajstić information content (AvgIpc) is 2.47. The van der Waals surface area contributed by atoms with Gasteiger partial charge in [0.2, 0.25) is 5.60 Å². The predicted molar refractivity (Wildman–Crippen MR) is 69.4 cm³/mol. The molecule has 2 rings (SSSR count). The average molecular weight is 258 g/mol. The lowest BCUT2D eigenvalue weighted by atomic mass is 9.84. The molecule has 2 aromatic carbocycles. The van der Waals surface area contributed by atoms with Crippen LogP contribution in [0.1, 0.15) is 17.2 Å². The van der Waals surface area contributed by atoms with Crippen molar-refractivity contribution in [2.75, 3.05) is 0 Å². The van der Waals surface area contributed by atoms with E-state index in [1.54, 1.807) is 48.5 Å². The van der Waals surface area contributed by atoms with Crippen LogP contribution in [0.15, 0.2) is 60.7 Å². The largest absolute Gasteiger partial charge is 0.479 e. The third kappa shape index (κ3) is 2.36. The van der Waals surface area contributed by atoms with Crippen molar-refractivity contribution >= 4 is 5.97 Å². The first-order chi connectivity index (χ1) is 9.06. The molecule has 4 nitrogen and oxygen atoms in total. The molecule has 0 fully saturated rings. The zero-order chi connectivity index (χ0) is 13.9. The molecule has 0 aliphatic carbocycles. The lowest BCUT2D eigenvalue weighted by molar-refractivity contribution is -0.174. The number of aliphatic carboxylic acids is 1. The van der Waals surface area contributed by atoms with Gasteiger partial charge in [0.1, 0.15) is 6.10 Å². The van der Waals surface area contributed by atoms with Crippen LogP contribution in [0.5, 0.6) is 0 Å². The van der Waals surface area contributed by atoms with Crippen LogP contribution >= 0.6 is 0 Å². The summed E-state index contributed by atoms with van der Waals surface area (Å²) in [5.41, 5.74) is -1.89. The Morgan fingerprint density at radius 3 is 1.89 bits per heavy atom. The Hall–Kier alpha value is -2.17. The molecule has 0 aliphatic rings. The van der Waals surface area contributed by atoms with Crippen LogP contribution in [0, 0.1) is 0 Å². The first kappa shape index (κ1) is 13.3. The number of aliphatic hydroxyl groups excluding tert-OH is 1. The van der Waals surface area contributed by atoms with Crippen molar-refractivity contribution in [1.82, 2.24) is 0 Å². The molecule has 2 atom stereocenters. The van der Waals surface area contributed by atoms with E-state index in [0.717, 1.165) is 0 Å². The summed E-state index contributed by atoms with van der Waals surface area (Å²) < 4.78 is 0. The van der Waals surface area contributed by atoms with E-state index in [4.69, 9.17) is 0 Å². The Bertz CT molecular complexity index is 553. The normalized spacial score (nSPS) is 15.5. The molecule has 0 bridgehead atoms. The second kappa shape index (κ2) is 5.22. The van der Waals surface area contributed by atoms with Crippen molar-refractivity contribution in [1.29, 1.82) is 0 Å². The second-order valence-corrected chi connectivity index (χ2v) is 4.25. The van der Waals surface area contributed by atoms with Gasteiger partial charge in [0, 0.05) is 0 Å². The quantitative estimate of drug-likeness (QED) is 0.780. The van der Waals surface area contributed by atoms with Crippen LogP contribution in [-0.2, 0) is 10.4 Å². The van der Waals surface area contributed by atoms with Crippen LogP contribution in [0.2, 0.25) is 0 Å². The molecule has 19 heavy (non-hydrogen) atoms. The van der Waals surface area contributed by atoms with E-state index >= 15 is 0 Å². The number of benzene rings is 2. The van der Waals surface area contributed by atoms with Gasteiger partial charge in [-0.3, -0.25) is 0 Å². The van der Waals surface area contributed by atoms with Gasteiger partial charge in [-0.15, -0.1) is 0 Å². The Balaban J connectivity index is 2.49. The van der Waals surface area contributed by atoms with E-state index in [0.29, 0.717) is 5.56 Å². The number of hydrogen-bond donors (Lipinski definition) is 3. The number of aliphatic hydroxyl groups is 2. The van der Waals surface area contributed by atoms with Gasteiger partial charge in [-0.1, -0.05) is 60.7 Å². The molecule has 0 heterocycles. The predicted octanol–water partition coefficient (Wildman–Crippen LogP) is 1.69. The van der Waals surface area contributed by atoms with Crippen LogP contribution < -0.4 is 0 Å². The van der Waals surface area contributed by atoms with Crippen molar-refractivity contribution in [3.8, 4) is 0 Å². The molecule has 0 aromatic heterocycles. The summed E-state index contributed by atoms with van der Waals surface area (Å²) in [4.78, 5) is 11.4. The highest BCUT2D eigenvalue weighted by Gasteiger charge is 2.46. The lowest BCUT2D eigenvalue weighted by Gasteiger charge is -2.29. The van der Waals surface area contributed by atoms with E-state index in [1.807, 2.05) is 0 Å². The summed E-state index contributed by atoms with van der Waals surface area (Å²) in [6.45, 7) is 0. The SMILES string of the molecule is O=C(O)[C@](O)(c1ccccc1)[C@H](O)c1ccccc1. The van der Waals surface area contributed by atoms with Gasteiger partial charge in [-0.2, -0.15) is 0 Å². The number of carboxylic acids is 1. The molecule has 0 spiro atoms. The summed E-state index contributed by atoms with van der Waals surface area (Å²) in [6, 6.07) is 16.1. The highest BCUT2D eigenvalue weighted by molar-refractivity contribution is 5.80. The third-order valence-electron chi connectivity index (χ3n) is 3.05. The first-order valence-corrected chi connectivity index (χ1v) is 5.81. The summed E-state index contributed by atoms with van der Waals surface area (Å²) in [5.74, 6) is -1.49. The van der Waals surface area contributed by atoms with E-state index in [9.17, 15) is 20.1 Å². The van der Waals surface area contributed by atoms with Crippen LogP contribution in [0.3, 0.4) is 0 Å². The van der Waals surface area contributed by atoms with E-state index < -0.39 is 17.7 Å². The van der Waals surface area contributed by atoms with E-state index in [-0.39, 0.29) is 5.56 Å². The van der Waals surface area contributed by atoms with E-state index in [2.05, 4.69) is 0 Å². The molecule has 0 unspecified atom stereocenters.